The molecular weight excluding hydrogens is 238 g/mol. The Hall–Kier alpha value is -0.120. The Kier molecular flexibility index (Phi) is 6.62. The highest BCUT2D eigenvalue weighted by molar-refractivity contribution is 4.88. The number of unbranched alkanes of at least 4 members (excludes halogenated alkanes) is 7. The minimum Gasteiger partial charge on any atom is -0.376 e. The van der Waals surface area contributed by atoms with Crippen LogP contribution in [0.1, 0.15) is 64.7 Å². The lowest BCUT2D eigenvalue weighted by atomic mass is 10.0. The fraction of sp³-hybridized carbons (Fsp3) is 1.00. The smallest absolute Gasteiger partial charge is 0.145 e. The minimum atomic E-state index is -0.0551. The monoisotopic (exact) mass is 269 g/mol. The first-order chi connectivity index (χ1) is 9.37. The molecule has 2 aliphatic rings. The minimum absolute atomic E-state index is 0.0551. The summed E-state index contributed by atoms with van der Waals surface area (Å²) in [5, 5.41) is 0. The molecule has 112 valence electrons. The maximum atomic E-state index is 6.01. The molecule has 0 spiro atoms. The van der Waals surface area contributed by atoms with Crippen LogP contribution in [0.4, 0.5) is 0 Å². The van der Waals surface area contributed by atoms with Gasteiger partial charge < -0.3 is 9.47 Å². The first kappa shape index (κ1) is 15.3. The fourth-order valence-corrected chi connectivity index (χ4v) is 3.33. The van der Waals surface area contributed by atoms with Crippen LogP contribution in [0.2, 0.25) is 0 Å². The van der Waals surface area contributed by atoms with Crippen molar-refractivity contribution >= 4 is 0 Å². The van der Waals surface area contributed by atoms with Crippen LogP contribution >= 0.6 is 0 Å². The Bertz CT molecular complexity index is 247. The molecule has 2 aliphatic heterocycles. The van der Waals surface area contributed by atoms with E-state index in [0.717, 1.165) is 39.3 Å². The molecule has 2 heterocycles. The molecule has 2 saturated heterocycles. The number of nitrogens with zero attached hydrogens (tertiary/aromatic N) is 1. The summed E-state index contributed by atoms with van der Waals surface area (Å²) in [4.78, 5) is 2.50. The van der Waals surface area contributed by atoms with Gasteiger partial charge in [-0.2, -0.15) is 0 Å². The first-order valence-electron chi connectivity index (χ1n) is 8.34. The van der Waals surface area contributed by atoms with Crippen LogP contribution in [0.5, 0.6) is 0 Å². The van der Waals surface area contributed by atoms with Crippen molar-refractivity contribution in [2.75, 3.05) is 32.9 Å². The topological polar surface area (TPSA) is 21.7 Å². The lowest BCUT2D eigenvalue weighted by Crippen LogP contribution is -2.53. The number of ether oxygens (including phenoxy) is 2. The van der Waals surface area contributed by atoms with Gasteiger partial charge in [0.05, 0.1) is 19.8 Å². The molecule has 19 heavy (non-hydrogen) atoms. The second-order valence-corrected chi connectivity index (χ2v) is 6.06. The zero-order valence-electron chi connectivity index (χ0n) is 12.7. The molecule has 0 radical (unpaired) electrons. The van der Waals surface area contributed by atoms with Crippen LogP contribution in [0.25, 0.3) is 0 Å². The highest BCUT2D eigenvalue weighted by Crippen LogP contribution is 2.31. The summed E-state index contributed by atoms with van der Waals surface area (Å²) in [6.07, 6.45) is 12.2. The fourth-order valence-electron chi connectivity index (χ4n) is 3.33. The zero-order valence-corrected chi connectivity index (χ0v) is 12.7. The van der Waals surface area contributed by atoms with Crippen molar-refractivity contribution in [3.63, 3.8) is 0 Å². The van der Waals surface area contributed by atoms with Crippen molar-refractivity contribution in [3.8, 4) is 0 Å². The van der Waals surface area contributed by atoms with Gasteiger partial charge in [0.25, 0.3) is 0 Å². The Morgan fingerprint density at radius 3 is 2.37 bits per heavy atom. The van der Waals surface area contributed by atoms with E-state index in [1.54, 1.807) is 0 Å². The van der Waals surface area contributed by atoms with Crippen molar-refractivity contribution in [3.05, 3.63) is 0 Å². The van der Waals surface area contributed by atoms with Crippen LogP contribution in [-0.2, 0) is 9.47 Å². The number of rotatable bonds is 9. The Balaban J connectivity index is 1.55. The van der Waals surface area contributed by atoms with E-state index in [-0.39, 0.29) is 5.72 Å². The quantitative estimate of drug-likeness (QED) is 0.597. The molecule has 0 N–H and O–H groups in total. The zero-order chi connectivity index (χ0) is 13.4. The predicted octanol–water partition coefficient (Wildman–Crippen LogP) is 3.58. The number of fused-ring (bicyclic) bond motifs is 1. The summed E-state index contributed by atoms with van der Waals surface area (Å²) in [6.45, 7) is 6.97. The molecule has 2 fully saturated rings. The third-order valence-corrected chi connectivity index (χ3v) is 4.56. The van der Waals surface area contributed by atoms with E-state index in [0.29, 0.717) is 0 Å². The number of hydrogen-bond donors (Lipinski definition) is 0. The van der Waals surface area contributed by atoms with E-state index in [4.69, 9.17) is 9.47 Å². The highest BCUT2D eigenvalue weighted by Gasteiger charge is 2.43. The van der Waals surface area contributed by atoms with Crippen molar-refractivity contribution in [2.45, 2.75) is 70.4 Å². The molecule has 1 unspecified atom stereocenters. The SMILES string of the molecule is CCCCCCCCCCC12COCCN1CCO2. The molecule has 0 aromatic heterocycles. The van der Waals surface area contributed by atoms with Gasteiger partial charge in [0.2, 0.25) is 0 Å². The van der Waals surface area contributed by atoms with Crippen molar-refractivity contribution in [1.82, 2.24) is 4.90 Å². The average Bonchev–Trinajstić information content (AvgIpc) is 2.86. The molecule has 0 saturated carbocycles. The van der Waals surface area contributed by atoms with Crippen LogP contribution in [0.15, 0.2) is 0 Å². The molecule has 0 aromatic rings. The summed E-state index contributed by atoms with van der Waals surface area (Å²) in [6, 6.07) is 0. The summed E-state index contributed by atoms with van der Waals surface area (Å²) in [7, 11) is 0. The Labute approximate surface area is 118 Å². The number of morpholine rings is 1. The molecule has 1 atom stereocenters. The summed E-state index contributed by atoms with van der Waals surface area (Å²) in [5.74, 6) is 0. The largest absolute Gasteiger partial charge is 0.376 e. The maximum absolute atomic E-state index is 6.01. The molecule has 3 heteroatoms. The van der Waals surface area contributed by atoms with Crippen LogP contribution in [0, 0.1) is 0 Å². The Morgan fingerprint density at radius 1 is 0.895 bits per heavy atom. The van der Waals surface area contributed by atoms with E-state index in [9.17, 15) is 0 Å². The van der Waals surface area contributed by atoms with E-state index in [1.807, 2.05) is 0 Å². The second kappa shape index (κ2) is 8.23. The van der Waals surface area contributed by atoms with Gasteiger partial charge in [-0.1, -0.05) is 51.9 Å². The van der Waals surface area contributed by atoms with Crippen molar-refractivity contribution in [2.24, 2.45) is 0 Å². The summed E-state index contributed by atoms with van der Waals surface area (Å²) >= 11 is 0. The van der Waals surface area contributed by atoms with Gasteiger partial charge in [-0.25, -0.2) is 0 Å². The number of hydrogen-bond acceptors (Lipinski definition) is 3. The third kappa shape index (κ3) is 4.44. The molecule has 2 rings (SSSR count). The lowest BCUT2D eigenvalue weighted by molar-refractivity contribution is -0.170. The van der Waals surface area contributed by atoms with Gasteiger partial charge >= 0.3 is 0 Å². The van der Waals surface area contributed by atoms with E-state index < -0.39 is 0 Å². The van der Waals surface area contributed by atoms with Crippen LogP contribution in [-0.4, -0.2) is 43.5 Å². The summed E-state index contributed by atoms with van der Waals surface area (Å²) < 4.78 is 11.6. The van der Waals surface area contributed by atoms with E-state index in [1.165, 1.54) is 51.4 Å². The first-order valence-corrected chi connectivity index (χ1v) is 8.34. The van der Waals surface area contributed by atoms with E-state index >= 15 is 0 Å². The molecule has 0 amide bonds. The average molecular weight is 269 g/mol. The van der Waals surface area contributed by atoms with Crippen LogP contribution < -0.4 is 0 Å². The second-order valence-electron chi connectivity index (χ2n) is 6.06. The summed E-state index contributed by atoms with van der Waals surface area (Å²) in [5.41, 5.74) is -0.0551. The Morgan fingerprint density at radius 2 is 1.58 bits per heavy atom. The molecule has 0 aromatic carbocycles. The third-order valence-electron chi connectivity index (χ3n) is 4.56. The molecule has 0 bridgehead atoms. The standard InChI is InChI=1S/C16H31NO2/c1-2-3-4-5-6-7-8-9-10-16-15-18-13-11-17(16)12-14-19-16/h2-15H2,1H3. The molecule has 0 aliphatic carbocycles. The van der Waals surface area contributed by atoms with Gasteiger partial charge in [-0.3, -0.25) is 4.90 Å². The van der Waals surface area contributed by atoms with Gasteiger partial charge in [0, 0.05) is 13.1 Å². The molecular formula is C16H31NO2. The maximum Gasteiger partial charge on any atom is 0.145 e. The normalized spacial score (nSPS) is 27.6. The van der Waals surface area contributed by atoms with Gasteiger partial charge in [-0.15, -0.1) is 0 Å². The highest BCUT2D eigenvalue weighted by atomic mass is 16.6. The van der Waals surface area contributed by atoms with Gasteiger partial charge in [0.1, 0.15) is 5.72 Å². The van der Waals surface area contributed by atoms with Gasteiger partial charge in [0.15, 0.2) is 0 Å². The van der Waals surface area contributed by atoms with Gasteiger partial charge in [-0.05, 0) is 12.8 Å². The molecule has 3 nitrogen and oxygen atoms in total. The van der Waals surface area contributed by atoms with Crippen molar-refractivity contribution < 1.29 is 9.47 Å². The van der Waals surface area contributed by atoms with E-state index in [2.05, 4.69) is 11.8 Å². The lowest BCUT2D eigenvalue weighted by Gasteiger charge is -2.40. The van der Waals surface area contributed by atoms with Crippen molar-refractivity contribution in [1.29, 1.82) is 0 Å². The predicted molar refractivity (Wildman–Crippen MR) is 78.3 cm³/mol. The van der Waals surface area contributed by atoms with Crippen LogP contribution in [0.3, 0.4) is 0 Å².